The summed E-state index contributed by atoms with van der Waals surface area (Å²) >= 11 is 0. The number of methoxy groups -OCH3 is 1. The van der Waals surface area contributed by atoms with Crippen molar-refractivity contribution < 1.29 is 18.3 Å². The van der Waals surface area contributed by atoms with Crippen molar-refractivity contribution in [1.82, 2.24) is 0 Å². The first-order valence-electron chi connectivity index (χ1n) is 12.4. The van der Waals surface area contributed by atoms with Gasteiger partial charge in [-0.15, -0.1) is 0 Å². The van der Waals surface area contributed by atoms with E-state index in [9.17, 15) is 0 Å². The van der Waals surface area contributed by atoms with Crippen LogP contribution < -0.4 is 4.74 Å². The Kier molecular flexibility index (Phi) is 10.9. The van der Waals surface area contributed by atoms with Gasteiger partial charge in [-0.2, -0.15) is 0 Å². The van der Waals surface area contributed by atoms with E-state index in [2.05, 4.69) is 93.7 Å². The lowest BCUT2D eigenvalue weighted by Gasteiger charge is -2.44. The molecule has 0 aliphatic carbocycles. The molecule has 1 aromatic rings. The molecule has 6 heteroatoms. The highest BCUT2D eigenvalue weighted by atomic mass is 28.4. The third-order valence-corrected chi connectivity index (χ3v) is 16.7. The highest BCUT2D eigenvalue weighted by Gasteiger charge is 2.42. The van der Waals surface area contributed by atoms with Crippen molar-refractivity contribution in [2.45, 2.75) is 104 Å². The van der Waals surface area contributed by atoms with E-state index in [1.54, 1.807) is 7.11 Å². The fourth-order valence-corrected chi connectivity index (χ4v) is 5.75. The van der Waals surface area contributed by atoms with Crippen LogP contribution in [0.1, 0.15) is 61.0 Å². The van der Waals surface area contributed by atoms with Gasteiger partial charge in [0, 0.05) is 18.4 Å². The maximum atomic E-state index is 6.99. The molecule has 0 unspecified atom stereocenters. The lowest BCUT2D eigenvalue weighted by atomic mass is 9.95. The van der Waals surface area contributed by atoms with Gasteiger partial charge in [-0.05, 0) is 54.0 Å². The molecule has 192 valence electrons. The predicted molar refractivity (Wildman–Crippen MR) is 146 cm³/mol. The first-order chi connectivity index (χ1) is 14.9. The Balaban J connectivity index is 2.89. The zero-order valence-corrected chi connectivity index (χ0v) is 25.8. The van der Waals surface area contributed by atoms with Crippen molar-refractivity contribution in [2.75, 3.05) is 20.3 Å². The van der Waals surface area contributed by atoms with Crippen LogP contribution in [-0.4, -0.2) is 43.1 Å². The molecule has 0 saturated heterocycles. The smallest absolute Gasteiger partial charge is 0.192 e. The Morgan fingerprint density at radius 1 is 0.758 bits per heavy atom. The minimum Gasteiger partial charge on any atom is -0.497 e. The van der Waals surface area contributed by atoms with Crippen LogP contribution >= 0.6 is 0 Å². The third kappa shape index (κ3) is 9.13. The maximum Gasteiger partial charge on any atom is 0.192 e. The standard InChI is InChI=1S/C27H52O4Si2/c1-21(18-29-20-23-14-16-24(28-9)17-15-23)25(31-33(12,13)27(6,7)8)22(2)19-30-32(10,11)26(3,4)5/h14-17,21-22,25H,18-20H2,1-13H3/t21-,22-,25-/m0/s1. The average Bonchev–Trinajstić information content (AvgIpc) is 2.69. The van der Waals surface area contributed by atoms with E-state index in [0.29, 0.717) is 19.1 Å². The molecule has 1 aromatic carbocycles. The quantitative estimate of drug-likeness (QED) is 0.276. The van der Waals surface area contributed by atoms with Gasteiger partial charge in [0.05, 0.1) is 26.4 Å². The van der Waals surface area contributed by atoms with Gasteiger partial charge in [0.15, 0.2) is 16.6 Å². The molecule has 0 bridgehead atoms. The molecule has 0 spiro atoms. The second kappa shape index (κ2) is 11.8. The highest BCUT2D eigenvalue weighted by Crippen LogP contribution is 2.40. The molecule has 0 N–H and O–H groups in total. The molecule has 0 aliphatic heterocycles. The second-order valence-corrected chi connectivity index (χ2v) is 22.3. The van der Waals surface area contributed by atoms with Crippen molar-refractivity contribution in [3.8, 4) is 5.75 Å². The maximum absolute atomic E-state index is 6.99. The average molecular weight is 497 g/mol. The van der Waals surface area contributed by atoms with E-state index in [-0.39, 0.29) is 22.1 Å². The van der Waals surface area contributed by atoms with Crippen LogP contribution in [0.3, 0.4) is 0 Å². The molecule has 0 fully saturated rings. The molecule has 33 heavy (non-hydrogen) atoms. The lowest BCUT2D eigenvalue weighted by Crippen LogP contribution is -2.49. The van der Waals surface area contributed by atoms with Crippen LogP contribution in [0.5, 0.6) is 5.75 Å². The Morgan fingerprint density at radius 3 is 1.70 bits per heavy atom. The van der Waals surface area contributed by atoms with Crippen LogP contribution in [-0.2, 0) is 20.2 Å². The minimum atomic E-state index is -1.93. The molecule has 1 rings (SSSR count). The summed E-state index contributed by atoms with van der Waals surface area (Å²) in [6.07, 6.45) is 0.103. The Hall–Kier alpha value is -0.666. The van der Waals surface area contributed by atoms with Gasteiger partial charge in [0.1, 0.15) is 5.75 Å². The summed E-state index contributed by atoms with van der Waals surface area (Å²) in [7, 11) is -2.05. The van der Waals surface area contributed by atoms with Gasteiger partial charge >= 0.3 is 0 Å². The number of rotatable bonds is 12. The highest BCUT2D eigenvalue weighted by molar-refractivity contribution is 6.74. The van der Waals surface area contributed by atoms with Crippen molar-refractivity contribution in [3.63, 3.8) is 0 Å². The molecule has 0 aromatic heterocycles. The van der Waals surface area contributed by atoms with E-state index < -0.39 is 16.6 Å². The number of benzene rings is 1. The largest absolute Gasteiger partial charge is 0.497 e. The van der Waals surface area contributed by atoms with E-state index in [0.717, 1.165) is 17.9 Å². The van der Waals surface area contributed by atoms with Gasteiger partial charge in [-0.25, -0.2) is 0 Å². The first-order valence-corrected chi connectivity index (χ1v) is 18.3. The number of hydrogen-bond donors (Lipinski definition) is 0. The molecule has 4 nitrogen and oxygen atoms in total. The van der Waals surface area contributed by atoms with Crippen molar-refractivity contribution in [1.29, 1.82) is 0 Å². The van der Waals surface area contributed by atoms with Gasteiger partial charge in [-0.1, -0.05) is 67.5 Å². The number of hydrogen-bond acceptors (Lipinski definition) is 4. The van der Waals surface area contributed by atoms with Gasteiger partial charge in [0.2, 0.25) is 0 Å². The summed E-state index contributed by atoms with van der Waals surface area (Å²) in [5, 5.41) is 0.366. The van der Waals surface area contributed by atoms with E-state index in [1.807, 2.05) is 12.1 Å². The van der Waals surface area contributed by atoms with Crippen molar-refractivity contribution in [2.24, 2.45) is 11.8 Å². The van der Waals surface area contributed by atoms with Crippen molar-refractivity contribution in [3.05, 3.63) is 29.8 Å². The summed E-state index contributed by atoms with van der Waals surface area (Å²) in [5.41, 5.74) is 1.15. The molecule has 0 amide bonds. The van der Waals surface area contributed by atoms with Crippen LogP contribution in [0.25, 0.3) is 0 Å². The number of ether oxygens (including phenoxy) is 2. The fourth-order valence-electron chi connectivity index (χ4n) is 3.14. The molecule has 0 radical (unpaired) electrons. The van der Waals surface area contributed by atoms with E-state index in [1.165, 1.54) is 0 Å². The van der Waals surface area contributed by atoms with Crippen LogP contribution in [0.4, 0.5) is 0 Å². The monoisotopic (exact) mass is 496 g/mol. The zero-order chi connectivity index (χ0) is 25.7. The van der Waals surface area contributed by atoms with E-state index >= 15 is 0 Å². The molecule has 0 heterocycles. The van der Waals surface area contributed by atoms with E-state index in [4.69, 9.17) is 18.3 Å². The third-order valence-electron chi connectivity index (χ3n) is 7.68. The Morgan fingerprint density at radius 2 is 1.24 bits per heavy atom. The topological polar surface area (TPSA) is 36.9 Å². The fraction of sp³-hybridized carbons (Fsp3) is 0.778. The summed E-state index contributed by atoms with van der Waals surface area (Å²) in [4.78, 5) is 0. The summed E-state index contributed by atoms with van der Waals surface area (Å²) < 4.78 is 25.0. The van der Waals surface area contributed by atoms with Crippen LogP contribution in [0.15, 0.2) is 24.3 Å². The molecule has 0 aliphatic rings. The minimum absolute atomic E-state index is 0.103. The zero-order valence-electron chi connectivity index (χ0n) is 23.8. The second-order valence-electron chi connectivity index (χ2n) is 12.7. The summed E-state index contributed by atoms with van der Waals surface area (Å²) in [5.74, 6) is 1.44. The van der Waals surface area contributed by atoms with Gasteiger partial charge < -0.3 is 18.3 Å². The summed E-state index contributed by atoms with van der Waals surface area (Å²) in [6, 6.07) is 8.07. The van der Waals surface area contributed by atoms with Crippen molar-refractivity contribution >= 4 is 16.6 Å². The lowest BCUT2D eigenvalue weighted by molar-refractivity contribution is -0.000810. The molecular formula is C27H52O4Si2. The SMILES string of the molecule is COc1ccc(COC[C@H](C)[C@H](O[Si](C)(C)C(C)(C)C)[C@@H](C)CO[Si](C)(C)C(C)(C)C)cc1. The van der Waals surface area contributed by atoms with Crippen LogP contribution in [0, 0.1) is 11.8 Å². The summed E-state index contributed by atoms with van der Waals surface area (Å²) in [6.45, 7) is 29.7. The molecule has 0 saturated carbocycles. The molecule has 3 atom stereocenters. The predicted octanol–water partition coefficient (Wildman–Crippen LogP) is 7.90. The Bertz CT molecular complexity index is 702. The molecular weight excluding hydrogens is 444 g/mol. The first kappa shape index (κ1) is 30.4. The Labute approximate surface area is 207 Å². The normalized spacial score (nSPS) is 16.4. The van der Waals surface area contributed by atoms with Crippen LogP contribution in [0.2, 0.25) is 36.3 Å². The van der Waals surface area contributed by atoms with Gasteiger partial charge in [0.25, 0.3) is 0 Å². The van der Waals surface area contributed by atoms with Gasteiger partial charge in [-0.3, -0.25) is 0 Å².